The minimum atomic E-state index is -1.09. The minimum Gasteiger partial charge on any atom is -0.481 e. The van der Waals surface area contributed by atoms with Gasteiger partial charge in [0.2, 0.25) is 5.89 Å². The van der Waals surface area contributed by atoms with Crippen LogP contribution < -0.4 is 0 Å². The summed E-state index contributed by atoms with van der Waals surface area (Å²) in [5, 5.41) is 13.5. The van der Waals surface area contributed by atoms with E-state index in [1.54, 1.807) is 19.1 Å². The highest BCUT2D eigenvalue weighted by Crippen LogP contribution is 2.28. The fourth-order valence-electron chi connectivity index (χ4n) is 2.12. The van der Waals surface area contributed by atoms with Gasteiger partial charge in [-0.2, -0.15) is 4.98 Å². The zero-order chi connectivity index (χ0) is 15.5. The third kappa shape index (κ3) is 3.46. The van der Waals surface area contributed by atoms with Gasteiger partial charge in [-0.25, -0.2) is 0 Å². The number of nitrogens with zero attached hydrogens (tertiary/aromatic N) is 3. The number of benzene rings is 1. The summed E-state index contributed by atoms with van der Waals surface area (Å²) in [5.41, 5.74) is -0.381. The molecule has 1 N–H and O–H groups in total. The van der Waals surface area contributed by atoms with Gasteiger partial charge in [-0.1, -0.05) is 35.5 Å². The normalized spacial score (nSPS) is 14.1. The maximum atomic E-state index is 11.7. The third-order valence-electron chi connectivity index (χ3n) is 3.36. The number of aliphatic carboxylic acids is 1. The Hall–Kier alpha value is -2.21. The van der Waals surface area contributed by atoms with Crippen molar-refractivity contribution in [2.75, 3.05) is 14.1 Å². The highest BCUT2D eigenvalue weighted by Gasteiger charge is 2.37. The summed E-state index contributed by atoms with van der Waals surface area (Å²) < 4.78 is 5.18. The molecule has 6 nitrogen and oxygen atoms in total. The maximum absolute atomic E-state index is 11.7. The quantitative estimate of drug-likeness (QED) is 0.872. The first-order valence-electron chi connectivity index (χ1n) is 6.67. The molecule has 1 atom stereocenters. The van der Waals surface area contributed by atoms with Crippen LogP contribution in [0.1, 0.15) is 24.2 Å². The summed E-state index contributed by atoms with van der Waals surface area (Å²) in [5.74, 6) is -0.0301. The fraction of sp³-hybridized carbons (Fsp3) is 0.400. The van der Waals surface area contributed by atoms with Crippen molar-refractivity contribution in [2.24, 2.45) is 0 Å². The minimum absolute atomic E-state index is 0.159. The number of carbonyl (C=O) groups is 1. The lowest BCUT2D eigenvalue weighted by molar-refractivity contribution is -0.143. The van der Waals surface area contributed by atoms with Gasteiger partial charge < -0.3 is 14.5 Å². The molecule has 0 amide bonds. The van der Waals surface area contributed by atoms with Crippen molar-refractivity contribution in [3.05, 3.63) is 47.6 Å². The second-order valence-electron chi connectivity index (χ2n) is 5.52. The second-order valence-corrected chi connectivity index (χ2v) is 5.52. The Labute approximate surface area is 123 Å². The first kappa shape index (κ1) is 15.2. The van der Waals surface area contributed by atoms with E-state index in [-0.39, 0.29) is 6.42 Å². The average Bonchev–Trinajstić information content (AvgIpc) is 2.85. The first-order chi connectivity index (χ1) is 9.91. The van der Waals surface area contributed by atoms with E-state index in [0.717, 1.165) is 0 Å². The summed E-state index contributed by atoms with van der Waals surface area (Å²) in [6.45, 7) is 2.22. The smallest absolute Gasteiger partial charge is 0.314 e. The van der Waals surface area contributed by atoms with Crippen LogP contribution >= 0.6 is 0 Å². The molecule has 0 fully saturated rings. The van der Waals surface area contributed by atoms with E-state index in [2.05, 4.69) is 10.1 Å². The summed E-state index contributed by atoms with van der Waals surface area (Å²) in [6.07, 6.45) is 0.159. The number of rotatable bonds is 6. The zero-order valence-electron chi connectivity index (χ0n) is 12.4. The molecule has 112 valence electrons. The van der Waals surface area contributed by atoms with Crippen molar-refractivity contribution in [1.82, 2.24) is 15.0 Å². The number of aromatic nitrogens is 2. The molecule has 0 aliphatic heterocycles. The van der Waals surface area contributed by atoms with E-state index in [9.17, 15) is 9.90 Å². The molecule has 2 aromatic rings. The number of carboxylic acid groups (broad SMARTS) is 1. The van der Waals surface area contributed by atoms with Gasteiger partial charge in [0.1, 0.15) is 0 Å². The summed E-state index contributed by atoms with van der Waals surface area (Å²) in [7, 11) is 3.81. The number of hydrogen-bond acceptors (Lipinski definition) is 5. The summed E-state index contributed by atoms with van der Waals surface area (Å²) >= 11 is 0. The van der Waals surface area contributed by atoms with E-state index in [1.165, 1.54) is 0 Å². The molecule has 0 aliphatic rings. The molecular formula is C15H19N3O3. The topological polar surface area (TPSA) is 79.5 Å². The molecule has 1 unspecified atom stereocenters. The van der Waals surface area contributed by atoms with Crippen LogP contribution in [-0.4, -0.2) is 40.2 Å². The van der Waals surface area contributed by atoms with Gasteiger partial charge in [0.05, 0.1) is 12.0 Å². The molecule has 6 heteroatoms. The van der Waals surface area contributed by atoms with E-state index in [1.807, 2.05) is 37.2 Å². The molecule has 2 rings (SSSR count). The van der Waals surface area contributed by atoms with Gasteiger partial charge in [0.15, 0.2) is 5.82 Å². The van der Waals surface area contributed by atoms with Crippen LogP contribution in [0.15, 0.2) is 34.9 Å². The average molecular weight is 289 g/mol. The van der Waals surface area contributed by atoms with Crippen LogP contribution in [0.4, 0.5) is 0 Å². The molecule has 1 aromatic carbocycles. The maximum Gasteiger partial charge on any atom is 0.314 e. The Kier molecular flexibility index (Phi) is 4.37. The predicted octanol–water partition coefficient (Wildman–Crippen LogP) is 1.72. The van der Waals surface area contributed by atoms with Gasteiger partial charge >= 0.3 is 5.97 Å². The molecule has 0 saturated carbocycles. The van der Waals surface area contributed by atoms with Crippen LogP contribution in [0.5, 0.6) is 0 Å². The van der Waals surface area contributed by atoms with Crippen LogP contribution in [-0.2, 0) is 23.2 Å². The summed E-state index contributed by atoms with van der Waals surface area (Å²) in [6, 6.07) is 9.09. The zero-order valence-corrected chi connectivity index (χ0v) is 12.4. The number of hydrogen-bond donors (Lipinski definition) is 1. The summed E-state index contributed by atoms with van der Waals surface area (Å²) in [4.78, 5) is 17.9. The lowest BCUT2D eigenvalue weighted by Gasteiger charge is -2.23. The first-order valence-corrected chi connectivity index (χ1v) is 6.67. The second kappa shape index (κ2) is 6.05. The van der Waals surface area contributed by atoms with Crippen LogP contribution in [0.3, 0.4) is 0 Å². The molecule has 0 spiro atoms. The third-order valence-corrected chi connectivity index (χ3v) is 3.36. The van der Waals surface area contributed by atoms with Crippen molar-refractivity contribution < 1.29 is 14.4 Å². The SMILES string of the molecule is CN(C)Cc1noc(CC(C)(C(=O)O)c2ccccc2)n1. The highest BCUT2D eigenvalue weighted by molar-refractivity contribution is 5.81. The van der Waals surface area contributed by atoms with Crippen molar-refractivity contribution in [3.63, 3.8) is 0 Å². The standard InChI is InChI=1S/C15H19N3O3/c1-15(14(19)20,11-7-5-4-6-8-11)9-13-16-12(17-21-13)10-18(2)3/h4-8H,9-10H2,1-3H3,(H,19,20). The van der Waals surface area contributed by atoms with Crippen LogP contribution in [0.25, 0.3) is 0 Å². The fourth-order valence-corrected chi connectivity index (χ4v) is 2.12. The molecule has 0 radical (unpaired) electrons. The van der Waals surface area contributed by atoms with Gasteiger partial charge in [-0.15, -0.1) is 0 Å². The van der Waals surface area contributed by atoms with E-state index >= 15 is 0 Å². The van der Waals surface area contributed by atoms with Crippen molar-refractivity contribution in [2.45, 2.75) is 25.3 Å². The molecule has 1 heterocycles. The Bertz CT molecular complexity index is 610. The van der Waals surface area contributed by atoms with Crippen molar-refractivity contribution in [1.29, 1.82) is 0 Å². The monoisotopic (exact) mass is 289 g/mol. The van der Waals surface area contributed by atoms with E-state index in [4.69, 9.17) is 4.52 Å². The predicted molar refractivity (Wildman–Crippen MR) is 76.8 cm³/mol. The molecule has 21 heavy (non-hydrogen) atoms. The van der Waals surface area contributed by atoms with Gasteiger partial charge in [-0.05, 0) is 26.6 Å². The Morgan fingerprint density at radius 3 is 2.57 bits per heavy atom. The molecular weight excluding hydrogens is 270 g/mol. The van der Waals surface area contributed by atoms with E-state index in [0.29, 0.717) is 23.8 Å². The molecule has 0 saturated heterocycles. The molecule has 0 aliphatic carbocycles. The van der Waals surface area contributed by atoms with Crippen LogP contribution in [0, 0.1) is 0 Å². The van der Waals surface area contributed by atoms with Gasteiger partial charge in [0.25, 0.3) is 0 Å². The Balaban J connectivity index is 2.25. The Morgan fingerprint density at radius 1 is 1.33 bits per heavy atom. The van der Waals surface area contributed by atoms with E-state index < -0.39 is 11.4 Å². The van der Waals surface area contributed by atoms with Crippen LogP contribution in [0.2, 0.25) is 0 Å². The lowest BCUT2D eigenvalue weighted by Crippen LogP contribution is -2.35. The highest BCUT2D eigenvalue weighted by atomic mass is 16.5. The van der Waals surface area contributed by atoms with Gasteiger partial charge in [-0.3, -0.25) is 4.79 Å². The largest absolute Gasteiger partial charge is 0.481 e. The lowest BCUT2D eigenvalue weighted by atomic mass is 9.79. The van der Waals surface area contributed by atoms with Crippen molar-refractivity contribution >= 4 is 5.97 Å². The van der Waals surface area contributed by atoms with Gasteiger partial charge in [0, 0.05) is 6.42 Å². The van der Waals surface area contributed by atoms with Crippen molar-refractivity contribution in [3.8, 4) is 0 Å². The molecule has 0 bridgehead atoms. The number of carboxylic acids is 1. The molecule has 1 aromatic heterocycles. The Morgan fingerprint density at radius 2 is 2.00 bits per heavy atom.